The third-order valence-electron chi connectivity index (χ3n) is 8.75. The van der Waals surface area contributed by atoms with Gasteiger partial charge in [-0.2, -0.15) is 0 Å². The number of carbonyl (C=O) groups is 6. The van der Waals surface area contributed by atoms with Gasteiger partial charge < -0.3 is 35.8 Å². The van der Waals surface area contributed by atoms with Gasteiger partial charge in [0, 0.05) is 31.1 Å². The van der Waals surface area contributed by atoms with E-state index >= 15 is 0 Å². The van der Waals surface area contributed by atoms with Crippen molar-refractivity contribution >= 4 is 46.8 Å². The van der Waals surface area contributed by atoms with Crippen molar-refractivity contribution in [3.8, 4) is 5.75 Å². The summed E-state index contributed by atoms with van der Waals surface area (Å²) in [6.07, 6.45) is 0.345. The molecule has 1 aliphatic rings. The maximum absolute atomic E-state index is 14.0. The molecule has 52 heavy (non-hydrogen) atoms. The number of methoxy groups -OCH3 is 1. The summed E-state index contributed by atoms with van der Waals surface area (Å²) in [5.41, 5.74) is 1.97. The molecule has 0 saturated heterocycles. The zero-order valence-electron chi connectivity index (χ0n) is 30.5. The predicted octanol–water partition coefficient (Wildman–Crippen LogP) is 2.24. The number of rotatable bonds is 5. The molecule has 0 fully saturated rings. The summed E-state index contributed by atoms with van der Waals surface area (Å²) < 4.78 is 5.30. The quantitative estimate of drug-likeness (QED) is 0.309. The van der Waals surface area contributed by atoms with E-state index in [-0.39, 0.29) is 31.2 Å². The molecule has 6 amide bonds. The number of aryl methyl sites for hydroxylation is 1. The van der Waals surface area contributed by atoms with Crippen LogP contribution in [0.4, 0.5) is 0 Å². The fourth-order valence-corrected chi connectivity index (χ4v) is 6.52. The lowest BCUT2D eigenvalue weighted by atomic mass is 10.0. The van der Waals surface area contributed by atoms with Crippen LogP contribution in [0.3, 0.4) is 0 Å². The van der Waals surface area contributed by atoms with Gasteiger partial charge in [-0.15, -0.1) is 11.3 Å². The summed E-state index contributed by atoms with van der Waals surface area (Å²) in [5.74, 6) is -2.88. The number of benzene rings is 2. The highest BCUT2D eigenvalue weighted by molar-refractivity contribution is 7.09. The number of likely N-dealkylation sites (N-methyl/N-ethyl adjacent to an activating group) is 1. The third-order valence-corrected chi connectivity index (χ3v) is 9.71. The summed E-state index contributed by atoms with van der Waals surface area (Å²) in [5, 5.41) is 13.0. The Kier molecular flexibility index (Phi) is 13.5. The summed E-state index contributed by atoms with van der Waals surface area (Å²) >= 11 is 1.18. The second kappa shape index (κ2) is 17.8. The van der Waals surface area contributed by atoms with Gasteiger partial charge in [0.15, 0.2) is 0 Å². The maximum atomic E-state index is 14.0. The van der Waals surface area contributed by atoms with Crippen LogP contribution in [0.5, 0.6) is 5.75 Å². The minimum Gasteiger partial charge on any atom is -0.497 e. The molecular weight excluding hydrogens is 687 g/mol. The Bertz CT molecular complexity index is 1780. The van der Waals surface area contributed by atoms with Crippen LogP contribution in [-0.4, -0.2) is 102 Å². The number of carbonyl (C=O) groups excluding carboxylic acids is 6. The lowest BCUT2D eigenvalue weighted by Crippen LogP contribution is -2.57. The van der Waals surface area contributed by atoms with Gasteiger partial charge in [-0.25, -0.2) is 4.98 Å². The first-order chi connectivity index (χ1) is 24.7. The van der Waals surface area contributed by atoms with Gasteiger partial charge in [0.05, 0.1) is 19.7 Å². The van der Waals surface area contributed by atoms with Crippen molar-refractivity contribution in [2.45, 2.75) is 65.2 Å². The molecule has 15 heteroatoms. The molecule has 4 rings (SSSR count). The summed E-state index contributed by atoms with van der Waals surface area (Å²) in [6, 6.07) is 10.8. The summed E-state index contributed by atoms with van der Waals surface area (Å²) in [7, 11) is 3.07. The fourth-order valence-electron chi connectivity index (χ4n) is 5.67. The molecule has 2 heterocycles. The minimum absolute atomic E-state index is 0.00584. The Morgan fingerprint density at radius 1 is 0.942 bits per heavy atom. The van der Waals surface area contributed by atoms with Gasteiger partial charge in [-0.3, -0.25) is 28.8 Å². The standard InChI is InChI=1S/C37H47N7O7S/c1-21(2)31-34(48)39-24(5)36(49)43(6)15-16-44(37(50)27-14-13-26(51-7)17-22(27)3)19-30(45)40-28(18-25-11-9-8-10-12-25)35-41-29(20-52-35)33(47)38-23(4)32(46)42-31/h8-14,17,20-21,23-24,28,31H,15-16,18-19H2,1-7H3,(H,38,47)(H,39,48)(H,40,45)(H,42,46)/t23-,24+,28-,31-/m0/s1. The van der Waals surface area contributed by atoms with E-state index in [1.165, 1.54) is 42.1 Å². The molecule has 2 aromatic carbocycles. The van der Waals surface area contributed by atoms with E-state index in [1.807, 2.05) is 30.3 Å². The number of thiazole rings is 1. The van der Waals surface area contributed by atoms with Crippen LogP contribution < -0.4 is 26.0 Å². The lowest BCUT2D eigenvalue weighted by molar-refractivity contribution is -0.136. The fraction of sp³-hybridized carbons (Fsp3) is 0.432. The molecule has 1 aromatic heterocycles. The molecule has 0 aliphatic carbocycles. The highest BCUT2D eigenvalue weighted by Gasteiger charge is 2.31. The van der Waals surface area contributed by atoms with Crippen molar-refractivity contribution in [3.63, 3.8) is 0 Å². The average molecular weight is 734 g/mol. The van der Waals surface area contributed by atoms with Crippen LogP contribution in [0.2, 0.25) is 0 Å². The van der Waals surface area contributed by atoms with Crippen LogP contribution in [0, 0.1) is 12.8 Å². The van der Waals surface area contributed by atoms with E-state index < -0.39 is 59.6 Å². The van der Waals surface area contributed by atoms with Gasteiger partial charge in [-0.1, -0.05) is 44.2 Å². The Hall–Kier alpha value is -5.31. The topological polar surface area (TPSA) is 179 Å². The van der Waals surface area contributed by atoms with Crippen LogP contribution in [0.25, 0.3) is 0 Å². The average Bonchev–Trinajstić information content (AvgIpc) is 3.61. The van der Waals surface area contributed by atoms with E-state index in [1.54, 1.807) is 51.4 Å². The number of amides is 6. The largest absolute Gasteiger partial charge is 0.497 e. The number of nitrogens with zero attached hydrogens (tertiary/aromatic N) is 3. The smallest absolute Gasteiger partial charge is 0.271 e. The number of ether oxygens (including phenoxy) is 1. The number of fused-ring (bicyclic) bond motifs is 2. The normalized spacial score (nSPS) is 21.4. The number of nitrogens with one attached hydrogen (secondary N) is 4. The van der Waals surface area contributed by atoms with E-state index in [0.29, 0.717) is 28.3 Å². The van der Waals surface area contributed by atoms with E-state index in [0.717, 1.165) is 5.56 Å². The molecule has 3 aromatic rings. The first-order valence-electron chi connectivity index (χ1n) is 17.1. The van der Waals surface area contributed by atoms with E-state index in [2.05, 4.69) is 26.3 Å². The van der Waals surface area contributed by atoms with Gasteiger partial charge in [0.25, 0.3) is 11.8 Å². The number of aromatic nitrogens is 1. The Balaban J connectivity index is 1.71. The van der Waals surface area contributed by atoms with Gasteiger partial charge in [-0.05, 0) is 62.4 Å². The molecule has 2 bridgehead atoms. The Morgan fingerprint density at radius 3 is 2.31 bits per heavy atom. The van der Waals surface area contributed by atoms with Crippen LogP contribution in [0.15, 0.2) is 53.9 Å². The zero-order chi connectivity index (χ0) is 38.1. The summed E-state index contributed by atoms with van der Waals surface area (Å²) in [6.45, 7) is 7.99. The van der Waals surface area contributed by atoms with Crippen molar-refractivity contribution in [2.75, 3.05) is 33.8 Å². The maximum Gasteiger partial charge on any atom is 0.271 e. The highest BCUT2D eigenvalue weighted by Crippen LogP contribution is 2.24. The summed E-state index contributed by atoms with van der Waals surface area (Å²) in [4.78, 5) is 88.2. The molecule has 1 aliphatic heterocycles. The van der Waals surface area contributed by atoms with Gasteiger partial charge in [0.2, 0.25) is 23.6 Å². The first kappa shape index (κ1) is 39.5. The van der Waals surface area contributed by atoms with Gasteiger partial charge in [0.1, 0.15) is 34.6 Å². The van der Waals surface area contributed by atoms with Crippen molar-refractivity contribution in [1.29, 1.82) is 0 Å². The lowest BCUT2D eigenvalue weighted by Gasteiger charge is -2.29. The number of hydrogen-bond donors (Lipinski definition) is 4. The second-order valence-electron chi connectivity index (χ2n) is 13.2. The molecule has 278 valence electrons. The second-order valence-corrected chi connectivity index (χ2v) is 14.1. The van der Waals surface area contributed by atoms with Crippen LogP contribution in [-0.2, 0) is 25.6 Å². The molecule has 14 nitrogen and oxygen atoms in total. The molecule has 4 atom stereocenters. The third kappa shape index (κ3) is 10.1. The molecule has 0 spiro atoms. The SMILES string of the molecule is COc1ccc(C(=O)N2CCN(C)C(=O)[C@@H](C)NC(=O)[C@H](C(C)C)NC(=O)[C@H](C)NC(=O)c3csc(n3)[C@H](Cc3ccccc3)NC(=O)C2)c(C)c1. The minimum atomic E-state index is -1.02. The molecule has 4 N–H and O–H groups in total. The van der Waals surface area contributed by atoms with E-state index in [4.69, 9.17) is 4.74 Å². The molecule has 0 saturated carbocycles. The van der Waals surface area contributed by atoms with Gasteiger partial charge >= 0.3 is 0 Å². The monoisotopic (exact) mass is 733 g/mol. The van der Waals surface area contributed by atoms with Crippen LogP contribution in [0.1, 0.15) is 70.7 Å². The van der Waals surface area contributed by atoms with Crippen molar-refractivity contribution in [1.82, 2.24) is 36.1 Å². The highest BCUT2D eigenvalue weighted by atomic mass is 32.1. The number of hydrogen-bond acceptors (Lipinski definition) is 9. The Labute approximate surface area is 307 Å². The van der Waals surface area contributed by atoms with E-state index in [9.17, 15) is 28.8 Å². The molecular formula is C37H47N7O7S. The zero-order valence-corrected chi connectivity index (χ0v) is 31.3. The molecule has 0 radical (unpaired) electrons. The Morgan fingerprint density at radius 2 is 1.65 bits per heavy atom. The predicted molar refractivity (Wildman–Crippen MR) is 196 cm³/mol. The van der Waals surface area contributed by atoms with Crippen molar-refractivity contribution in [2.24, 2.45) is 5.92 Å². The van der Waals surface area contributed by atoms with Crippen molar-refractivity contribution < 1.29 is 33.5 Å². The van der Waals surface area contributed by atoms with Crippen molar-refractivity contribution in [3.05, 3.63) is 81.3 Å². The first-order valence-corrected chi connectivity index (χ1v) is 18.0. The van der Waals surface area contributed by atoms with Crippen LogP contribution >= 0.6 is 11.3 Å². The molecule has 0 unspecified atom stereocenters.